The predicted molar refractivity (Wildman–Crippen MR) is 99.8 cm³/mol. The lowest BCUT2D eigenvalue weighted by molar-refractivity contribution is -0.283. The second-order valence-electron chi connectivity index (χ2n) is 7.68. The van der Waals surface area contributed by atoms with Gasteiger partial charge >= 0.3 is 5.97 Å². The quantitative estimate of drug-likeness (QED) is 0.676. The van der Waals surface area contributed by atoms with Crippen molar-refractivity contribution in [2.75, 3.05) is 5.75 Å². The van der Waals surface area contributed by atoms with Crippen molar-refractivity contribution in [3.05, 3.63) is 11.6 Å². The Kier molecular flexibility index (Phi) is 6.64. The Morgan fingerprint density at radius 1 is 1.19 bits per heavy atom. The second-order valence-corrected chi connectivity index (χ2v) is 8.67. The van der Waals surface area contributed by atoms with Gasteiger partial charge in [0.2, 0.25) is 0 Å². The Morgan fingerprint density at radius 2 is 1.96 bits per heavy atom. The Labute approximate surface area is 159 Å². The van der Waals surface area contributed by atoms with Crippen LogP contribution in [0.5, 0.6) is 0 Å². The lowest BCUT2D eigenvalue weighted by Gasteiger charge is -2.43. The number of hydrogen-bond acceptors (Lipinski definition) is 6. The molecule has 0 unspecified atom stereocenters. The van der Waals surface area contributed by atoms with E-state index in [1.165, 1.54) is 6.42 Å². The Hall–Kier alpha value is -1.05. The van der Waals surface area contributed by atoms with Crippen molar-refractivity contribution >= 4 is 23.0 Å². The summed E-state index contributed by atoms with van der Waals surface area (Å²) in [5.74, 6) is -1.37. The maximum Gasteiger partial charge on any atom is 0.330 e. The van der Waals surface area contributed by atoms with Crippen molar-refractivity contribution in [3.63, 3.8) is 0 Å². The minimum atomic E-state index is -1.48. The maximum absolute atomic E-state index is 12.3. The SMILES string of the molecule is CC1=CC(=O)O[C@@H]2C[C@@H](CCCCCCC1)O[C@@](O)([C@@H]1CSC(=O)N1)C2. The number of fused-ring (bicyclic) bond motifs is 2. The van der Waals surface area contributed by atoms with Crippen LogP contribution in [0.1, 0.15) is 64.7 Å². The summed E-state index contributed by atoms with van der Waals surface area (Å²) < 4.78 is 11.7. The van der Waals surface area contributed by atoms with Crippen LogP contribution in [0.15, 0.2) is 11.6 Å². The molecular weight excluding hydrogens is 354 g/mol. The Morgan fingerprint density at radius 3 is 2.73 bits per heavy atom. The average Bonchev–Trinajstić information content (AvgIpc) is 3.00. The maximum atomic E-state index is 12.3. The normalized spacial score (nSPS) is 37.3. The van der Waals surface area contributed by atoms with Gasteiger partial charge in [-0.1, -0.05) is 43.0 Å². The molecule has 6 nitrogen and oxygen atoms in total. The largest absolute Gasteiger partial charge is 0.459 e. The van der Waals surface area contributed by atoms with Crippen LogP contribution in [0.3, 0.4) is 0 Å². The number of ether oxygens (including phenoxy) is 2. The molecular formula is C19H29NO5S. The average molecular weight is 384 g/mol. The molecule has 1 amide bonds. The first-order valence-corrected chi connectivity index (χ1v) is 10.6. The number of thioether (sulfide) groups is 1. The third kappa shape index (κ3) is 5.24. The zero-order valence-corrected chi connectivity index (χ0v) is 16.2. The fourth-order valence-electron chi connectivity index (χ4n) is 3.98. The van der Waals surface area contributed by atoms with E-state index in [2.05, 4.69) is 5.32 Å². The molecule has 0 aliphatic carbocycles. The lowest BCUT2D eigenvalue weighted by Crippen LogP contribution is -2.58. The molecule has 0 saturated carbocycles. The number of rotatable bonds is 1. The molecule has 3 aliphatic heterocycles. The van der Waals surface area contributed by atoms with Crippen LogP contribution in [-0.2, 0) is 14.3 Å². The monoisotopic (exact) mass is 383 g/mol. The molecule has 0 aromatic rings. The van der Waals surface area contributed by atoms with Crippen LogP contribution < -0.4 is 5.32 Å². The molecule has 4 atom stereocenters. The number of amides is 1. The zero-order chi connectivity index (χ0) is 18.6. The summed E-state index contributed by atoms with van der Waals surface area (Å²) in [5.41, 5.74) is 1.03. The molecule has 3 rings (SSSR count). The highest BCUT2D eigenvalue weighted by molar-refractivity contribution is 8.14. The van der Waals surface area contributed by atoms with Gasteiger partial charge in [0.1, 0.15) is 6.10 Å². The third-order valence-corrected chi connectivity index (χ3v) is 6.26. The molecule has 2 N–H and O–H groups in total. The zero-order valence-electron chi connectivity index (χ0n) is 15.4. The summed E-state index contributed by atoms with van der Waals surface area (Å²) in [5, 5.41) is 13.7. The number of esters is 1. The molecule has 146 valence electrons. The topological polar surface area (TPSA) is 84.9 Å². The highest BCUT2D eigenvalue weighted by atomic mass is 32.2. The van der Waals surface area contributed by atoms with Gasteiger partial charge in [-0.15, -0.1) is 0 Å². The smallest absolute Gasteiger partial charge is 0.330 e. The van der Waals surface area contributed by atoms with E-state index in [4.69, 9.17) is 9.47 Å². The highest BCUT2D eigenvalue weighted by Gasteiger charge is 2.49. The van der Waals surface area contributed by atoms with Gasteiger partial charge in [0.05, 0.1) is 12.1 Å². The van der Waals surface area contributed by atoms with Gasteiger partial charge in [-0.2, -0.15) is 0 Å². The van der Waals surface area contributed by atoms with E-state index in [0.717, 1.165) is 55.9 Å². The molecule has 26 heavy (non-hydrogen) atoms. The van der Waals surface area contributed by atoms with Crippen LogP contribution in [0.25, 0.3) is 0 Å². The number of carbonyl (C=O) groups is 2. The van der Waals surface area contributed by atoms with Crippen LogP contribution in [0, 0.1) is 0 Å². The molecule has 0 aromatic heterocycles. The minimum Gasteiger partial charge on any atom is -0.459 e. The van der Waals surface area contributed by atoms with E-state index >= 15 is 0 Å². The van der Waals surface area contributed by atoms with E-state index < -0.39 is 17.9 Å². The Balaban J connectivity index is 1.74. The first kappa shape index (κ1) is 19.7. The van der Waals surface area contributed by atoms with Gasteiger partial charge in [-0.05, 0) is 26.2 Å². The molecule has 2 saturated heterocycles. The summed E-state index contributed by atoms with van der Waals surface area (Å²) in [7, 11) is 0. The standard InChI is InChI=1S/C19H29NO5S/c1-13-7-5-3-2-4-6-8-14-10-15(24-17(21)9-13)11-19(23,25-14)16-12-26-18(22)20-16/h9,14-16,23H,2-8,10-12H2,1H3,(H,20,22)/t14-,15-,16+,19-/m1/s1. The number of nitrogens with one attached hydrogen (secondary N) is 1. The molecule has 2 fully saturated rings. The summed E-state index contributed by atoms with van der Waals surface area (Å²) in [6, 6.07) is -0.472. The fourth-order valence-corrected chi connectivity index (χ4v) is 4.87. The molecule has 0 radical (unpaired) electrons. The van der Waals surface area contributed by atoms with Crippen molar-refractivity contribution < 1.29 is 24.2 Å². The van der Waals surface area contributed by atoms with Gasteiger partial charge in [0.15, 0.2) is 5.79 Å². The van der Waals surface area contributed by atoms with Gasteiger partial charge in [-0.25, -0.2) is 4.79 Å². The fraction of sp³-hybridized carbons (Fsp3) is 0.789. The number of hydrogen-bond donors (Lipinski definition) is 2. The Bertz CT molecular complexity index is 566. The molecule has 0 aromatic carbocycles. The van der Waals surface area contributed by atoms with Gasteiger partial charge < -0.3 is 19.9 Å². The first-order chi connectivity index (χ1) is 12.4. The first-order valence-electron chi connectivity index (χ1n) is 9.66. The van der Waals surface area contributed by atoms with E-state index in [-0.39, 0.29) is 23.7 Å². The van der Waals surface area contributed by atoms with Crippen molar-refractivity contribution in [2.24, 2.45) is 0 Å². The van der Waals surface area contributed by atoms with Gasteiger partial charge in [0.25, 0.3) is 5.24 Å². The molecule has 3 aliphatic rings. The number of carbonyl (C=O) groups excluding carboxylic acids is 2. The van der Waals surface area contributed by atoms with Crippen LogP contribution in [-0.4, -0.2) is 46.1 Å². The molecule has 2 bridgehead atoms. The summed E-state index contributed by atoms with van der Waals surface area (Å²) in [6.07, 6.45) is 9.13. The van der Waals surface area contributed by atoms with Gasteiger partial charge in [0, 0.05) is 24.7 Å². The van der Waals surface area contributed by atoms with Gasteiger partial charge in [-0.3, -0.25) is 4.79 Å². The minimum absolute atomic E-state index is 0.150. The van der Waals surface area contributed by atoms with Crippen LogP contribution in [0.2, 0.25) is 0 Å². The molecule has 3 heterocycles. The lowest BCUT2D eigenvalue weighted by atomic mass is 9.91. The van der Waals surface area contributed by atoms with Crippen LogP contribution >= 0.6 is 11.8 Å². The molecule has 7 heteroatoms. The van der Waals surface area contributed by atoms with E-state index in [0.29, 0.717) is 12.2 Å². The summed E-state index contributed by atoms with van der Waals surface area (Å²) in [6.45, 7) is 1.96. The van der Waals surface area contributed by atoms with Crippen LogP contribution in [0.4, 0.5) is 4.79 Å². The summed E-state index contributed by atoms with van der Waals surface area (Å²) in [4.78, 5) is 23.8. The predicted octanol–water partition coefficient (Wildman–Crippen LogP) is 3.28. The van der Waals surface area contributed by atoms with E-state index in [9.17, 15) is 14.7 Å². The number of allylic oxidation sites excluding steroid dienone is 1. The van der Waals surface area contributed by atoms with Crippen molar-refractivity contribution in [3.8, 4) is 0 Å². The van der Waals surface area contributed by atoms with E-state index in [1.807, 2.05) is 6.92 Å². The van der Waals surface area contributed by atoms with Crippen molar-refractivity contribution in [2.45, 2.75) is 88.7 Å². The number of aliphatic hydroxyl groups is 1. The second kappa shape index (κ2) is 8.76. The summed E-state index contributed by atoms with van der Waals surface area (Å²) >= 11 is 1.15. The highest BCUT2D eigenvalue weighted by Crippen LogP contribution is 2.36. The molecule has 0 spiro atoms. The van der Waals surface area contributed by atoms with Crippen molar-refractivity contribution in [1.29, 1.82) is 0 Å². The van der Waals surface area contributed by atoms with Crippen molar-refractivity contribution in [1.82, 2.24) is 5.32 Å². The van der Waals surface area contributed by atoms with E-state index in [1.54, 1.807) is 6.08 Å². The third-order valence-electron chi connectivity index (χ3n) is 5.38.